The van der Waals surface area contributed by atoms with Crippen molar-refractivity contribution in [3.63, 3.8) is 0 Å². The van der Waals surface area contributed by atoms with Crippen molar-refractivity contribution in [3.8, 4) is 11.4 Å². The van der Waals surface area contributed by atoms with Crippen molar-refractivity contribution in [2.45, 2.75) is 38.9 Å². The van der Waals surface area contributed by atoms with Crippen LogP contribution in [0.2, 0.25) is 0 Å². The largest absolute Gasteiger partial charge is 0.494 e. The second-order valence-corrected chi connectivity index (χ2v) is 19.4. The number of aryl methyl sites for hydroxylation is 2. The van der Waals surface area contributed by atoms with Crippen molar-refractivity contribution in [1.29, 1.82) is 0 Å². The zero-order valence-electron chi connectivity index (χ0n) is 26.9. The summed E-state index contributed by atoms with van der Waals surface area (Å²) >= 11 is 3.09. The van der Waals surface area contributed by atoms with Crippen LogP contribution in [0.5, 0.6) is 0 Å². The molecule has 3 heterocycles. The maximum atomic E-state index is 12.3. The first kappa shape index (κ1) is 35.7. The highest BCUT2D eigenvalue weighted by Crippen LogP contribution is 2.39. The van der Waals surface area contributed by atoms with Crippen LogP contribution >= 0.6 is 30.2 Å². The number of anilines is 2. The second-order valence-electron chi connectivity index (χ2n) is 12.3. The Bertz CT molecular complexity index is 1680. The van der Waals surface area contributed by atoms with Gasteiger partial charge in [-0.1, -0.05) is 6.07 Å². The second kappa shape index (κ2) is 13.3. The molecule has 4 aromatic rings. The van der Waals surface area contributed by atoms with E-state index in [9.17, 15) is 9.13 Å². The molecule has 1 aliphatic rings. The van der Waals surface area contributed by atoms with Crippen molar-refractivity contribution in [2.24, 2.45) is 14.1 Å². The van der Waals surface area contributed by atoms with Gasteiger partial charge in [-0.05, 0) is 106 Å². The molecule has 0 unspecified atom stereocenters. The standard InChI is InChI=1S/C14H23BNO3P.C11H15N4OP.C3H4BrN3/c1-13(2)14(3,4)19-15(18-13)10-7-8-11(16)12(9-10)20(5,6)17;1-15-7-13-11(14-15)8-4-5-9(12)10(6-8)17(2,3)16;1-7-2-5-3(4)6-7/h7-9H,16H2,1-6H3;4-7H,12H2,1-3H3;2H,1H3. The molecular weight excluding hydrogens is 665 g/mol. The SMILES string of the molecule is CC1(C)OB(c2ccc(N)c(P(C)(C)=O)c2)OC1(C)C.Cn1cnc(-c2ccc(N)c(P(C)(C)=O)c2)n1.Cn1cnc(Br)n1. The molecule has 0 saturated carbocycles. The van der Waals surface area contributed by atoms with Crippen LogP contribution in [0, 0.1) is 0 Å². The molecule has 4 N–H and O–H groups in total. The normalized spacial score (nSPS) is 15.7. The molecule has 2 aromatic carbocycles. The highest BCUT2D eigenvalue weighted by Gasteiger charge is 2.51. The first-order chi connectivity index (χ1) is 20.1. The van der Waals surface area contributed by atoms with Gasteiger partial charge >= 0.3 is 7.12 Å². The zero-order valence-corrected chi connectivity index (χ0v) is 30.3. The van der Waals surface area contributed by atoms with Crippen molar-refractivity contribution >= 4 is 64.8 Å². The first-order valence-electron chi connectivity index (χ1n) is 13.7. The Labute approximate surface area is 268 Å². The van der Waals surface area contributed by atoms with E-state index in [2.05, 4.69) is 36.1 Å². The molecular formula is C28H42BBrN8O4P2. The number of benzene rings is 2. The van der Waals surface area contributed by atoms with E-state index in [0.717, 1.165) is 11.0 Å². The molecule has 238 valence electrons. The van der Waals surface area contributed by atoms with Crippen LogP contribution in [0.4, 0.5) is 11.4 Å². The van der Waals surface area contributed by atoms with Crippen LogP contribution in [0.3, 0.4) is 0 Å². The Balaban J connectivity index is 0.000000199. The van der Waals surface area contributed by atoms with Gasteiger partial charge < -0.3 is 29.9 Å². The first-order valence-corrected chi connectivity index (χ1v) is 19.7. The Morgan fingerprint density at radius 1 is 0.773 bits per heavy atom. The van der Waals surface area contributed by atoms with Gasteiger partial charge in [-0.2, -0.15) is 5.10 Å². The van der Waals surface area contributed by atoms with Crippen LogP contribution in [-0.4, -0.2) is 74.5 Å². The number of hydrogen-bond donors (Lipinski definition) is 2. The summed E-state index contributed by atoms with van der Waals surface area (Å²) in [6.07, 6.45) is 3.26. The van der Waals surface area contributed by atoms with Crippen LogP contribution in [0.1, 0.15) is 27.7 Å². The number of nitrogens with two attached hydrogens (primary N) is 2. The summed E-state index contributed by atoms with van der Waals surface area (Å²) in [5, 5.41) is 9.41. The van der Waals surface area contributed by atoms with Crippen LogP contribution in [0.25, 0.3) is 11.4 Å². The van der Waals surface area contributed by atoms with Gasteiger partial charge in [0.2, 0.25) is 4.73 Å². The van der Waals surface area contributed by atoms with Gasteiger partial charge in [0.25, 0.3) is 0 Å². The Morgan fingerprint density at radius 2 is 1.25 bits per heavy atom. The van der Waals surface area contributed by atoms with Gasteiger partial charge in [-0.3, -0.25) is 9.36 Å². The highest BCUT2D eigenvalue weighted by atomic mass is 79.9. The van der Waals surface area contributed by atoms with Gasteiger partial charge in [-0.25, -0.2) is 9.97 Å². The molecule has 0 spiro atoms. The third-order valence-corrected chi connectivity index (χ3v) is 10.7. The molecule has 0 bridgehead atoms. The average Bonchev–Trinajstić information content (AvgIpc) is 3.55. The lowest BCUT2D eigenvalue weighted by atomic mass is 9.79. The van der Waals surface area contributed by atoms with Gasteiger partial charge in [0.1, 0.15) is 26.9 Å². The average molecular weight is 707 g/mol. The fourth-order valence-corrected chi connectivity index (χ4v) is 6.73. The number of rotatable bonds is 4. The lowest BCUT2D eigenvalue weighted by molar-refractivity contribution is 0.00578. The molecule has 0 atom stereocenters. The third kappa shape index (κ3) is 8.91. The molecule has 44 heavy (non-hydrogen) atoms. The minimum Gasteiger partial charge on any atom is -0.399 e. The van der Waals surface area contributed by atoms with Gasteiger partial charge in [0.15, 0.2) is 5.82 Å². The van der Waals surface area contributed by atoms with Crippen molar-refractivity contribution in [2.75, 3.05) is 38.1 Å². The Kier molecular flexibility index (Phi) is 10.8. The number of nitrogens with zero attached hydrogens (tertiary/aromatic N) is 6. The summed E-state index contributed by atoms with van der Waals surface area (Å²) in [6.45, 7) is 14.9. The highest BCUT2D eigenvalue weighted by molar-refractivity contribution is 9.10. The fourth-order valence-electron chi connectivity index (χ4n) is 4.09. The summed E-state index contributed by atoms with van der Waals surface area (Å²) in [7, 11) is -1.64. The quantitative estimate of drug-likeness (QED) is 0.182. The van der Waals surface area contributed by atoms with E-state index in [1.54, 1.807) is 67.9 Å². The fraction of sp³-hybridized carbons (Fsp3) is 0.429. The van der Waals surface area contributed by atoms with E-state index in [1.807, 2.05) is 59.0 Å². The van der Waals surface area contributed by atoms with Gasteiger partial charge in [-0.15, -0.1) is 5.10 Å². The van der Waals surface area contributed by atoms with Crippen LogP contribution in [-0.2, 0) is 32.5 Å². The molecule has 16 heteroatoms. The summed E-state index contributed by atoms with van der Waals surface area (Å²) in [5.74, 6) is 0.613. The summed E-state index contributed by atoms with van der Waals surface area (Å²) in [5.41, 5.74) is 13.8. The van der Waals surface area contributed by atoms with E-state index in [-0.39, 0.29) is 11.2 Å². The number of halogens is 1. The van der Waals surface area contributed by atoms with Crippen molar-refractivity contribution in [1.82, 2.24) is 29.5 Å². The molecule has 5 rings (SSSR count). The smallest absolute Gasteiger partial charge is 0.399 e. The van der Waals surface area contributed by atoms with E-state index in [4.69, 9.17) is 20.8 Å². The van der Waals surface area contributed by atoms with Gasteiger partial charge in [0, 0.05) is 41.6 Å². The van der Waals surface area contributed by atoms with Crippen LogP contribution in [0.15, 0.2) is 53.8 Å². The molecule has 1 fully saturated rings. The minimum absolute atomic E-state index is 0.388. The summed E-state index contributed by atoms with van der Waals surface area (Å²) < 4.78 is 40.3. The lowest BCUT2D eigenvalue weighted by Crippen LogP contribution is -2.41. The third-order valence-electron chi connectivity index (χ3n) is 7.20. The number of nitrogen functional groups attached to an aromatic ring is 2. The maximum absolute atomic E-state index is 12.3. The Morgan fingerprint density at radius 3 is 1.66 bits per heavy atom. The molecule has 1 saturated heterocycles. The molecule has 0 radical (unpaired) electrons. The maximum Gasteiger partial charge on any atom is 0.494 e. The topological polar surface area (TPSA) is 166 Å². The number of hydrogen-bond acceptors (Lipinski definition) is 10. The minimum atomic E-state index is -2.42. The zero-order chi connectivity index (χ0) is 33.3. The van der Waals surface area contributed by atoms with E-state index in [0.29, 0.717) is 32.5 Å². The lowest BCUT2D eigenvalue weighted by Gasteiger charge is -2.32. The Hall–Kier alpha value is -2.76. The summed E-state index contributed by atoms with van der Waals surface area (Å²) in [4.78, 5) is 7.94. The molecule has 2 aromatic heterocycles. The summed E-state index contributed by atoms with van der Waals surface area (Å²) in [6, 6.07) is 10.9. The van der Waals surface area contributed by atoms with E-state index >= 15 is 0 Å². The van der Waals surface area contributed by atoms with Crippen molar-refractivity contribution in [3.05, 3.63) is 53.8 Å². The van der Waals surface area contributed by atoms with E-state index in [1.165, 1.54) is 0 Å². The molecule has 0 aliphatic carbocycles. The van der Waals surface area contributed by atoms with Crippen molar-refractivity contribution < 1.29 is 18.4 Å². The predicted octanol–water partition coefficient (Wildman–Crippen LogP) is 3.71. The molecule has 12 nitrogen and oxygen atoms in total. The monoisotopic (exact) mass is 706 g/mol. The molecule has 0 amide bonds. The van der Waals surface area contributed by atoms with Gasteiger partial charge in [0.05, 0.1) is 11.2 Å². The number of aromatic nitrogens is 6. The van der Waals surface area contributed by atoms with E-state index < -0.39 is 21.4 Å². The molecule has 1 aliphatic heterocycles. The predicted molar refractivity (Wildman–Crippen MR) is 184 cm³/mol. The van der Waals surface area contributed by atoms with Crippen LogP contribution < -0.4 is 27.5 Å².